The third-order valence-corrected chi connectivity index (χ3v) is 5.51. The molecular formula is C23H32F3NO5. The molecule has 2 heterocycles. The number of esters is 1. The minimum absolute atomic E-state index is 0.00511. The molecule has 32 heavy (non-hydrogen) atoms. The van der Waals surface area contributed by atoms with Crippen LogP contribution in [0.3, 0.4) is 0 Å². The second-order valence-corrected chi connectivity index (χ2v) is 8.65. The van der Waals surface area contributed by atoms with Crippen molar-refractivity contribution in [2.75, 3.05) is 13.2 Å². The van der Waals surface area contributed by atoms with Crippen LogP contribution in [-0.2, 0) is 20.5 Å². The van der Waals surface area contributed by atoms with Crippen molar-refractivity contribution in [1.29, 1.82) is 0 Å². The summed E-state index contributed by atoms with van der Waals surface area (Å²) in [4.78, 5) is 25.9. The number of nitrogens with zero attached hydrogens (tertiary/aromatic N) is 1. The number of aliphatic hydroxyl groups is 1. The van der Waals surface area contributed by atoms with E-state index >= 15 is 0 Å². The smallest absolute Gasteiger partial charge is 0.449 e. The first-order valence-corrected chi connectivity index (χ1v) is 11.0. The lowest BCUT2D eigenvalue weighted by atomic mass is 9.90. The molecule has 1 aliphatic heterocycles. The van der Waals surface area contributed by atoms with Crippen molar-refractivity contribution in [2.45, 2.75) is 77.6 Å². The number of halogens is 3. The van der Waals surface area contributed by atoms with Gasteiger partial charge in [-0.15, -0.1) is 0 Å². The molecule has 1 aliphatic rings. The molecule has 1 aromatic heterocycles. The zero-order chi connectivity index (χ0) is 23.9. The van der Waals surface area contributed by atoms with Gasteiger partial charge >= 0.3 is 12.1 Å². The molecule has 6 nitrogen and oxygen atoms in total. The highest BCUT2D eigenvalue weighted by atomic mass is 19.4. The summed E-state index contributed by atoms with van der Waals surface area (Å²) >= 11 is 0. The molecule has 0 spiro atoms. The van der Waals surface area contributed by atoms with Gasteiger partial charge in [0, 0.05) is 18.4 Å². The van der Waals surface area contributed by atoms with Gasteiger partial charge in [0.05, 0.1) is 12.6 Å². The fourth-order valence-electron chi connectivity index (χ4n) is 3.83. The van der Waals surface area contributed by atoms with E-state index in [9.17, 15) is 27.9 Å². The standard InChI is InChI=1S/C23H32F3NO5/c1-4-31-20(29)9-7-5-6-8-14-27-16(15-22(2,3)21(27)30)10-11-17(28)18-12-13-19(32-18)23(24,25)26/h10-13,16-17,28H,4-9,14-15H2,1-3H3. The molecule has 0 aliphatic carbocycles. The summed E-state index contributed by atoms with van der Waals surface area (Å²) in [5.74, 6) is -1.57. The van der Waals surface area contributed by atoms with Crippen LogP contribution < -0.4 is 0 Å². The lowest BCUT2D eigenvalue weighted by Crippen LogP contribution is -2.35. The summed E-state index contributed by atoms with van der Waals surface area (Å²) in [6.07, 6.45) is 1.21. The van der Waals surface area contributed by atoms with Crippen LogP contribution in [0.1, 0.15) is 76.9 Å². The Balaban J connectivity index is 1.90. The minimum Gasteiger partial charge on any atom is -0.466 e. The number of alkyl halides is 3. The van der Waals surface area contributed by atoms with Crippen LogP contribution in [-0.4, -0.2) is 41.1 Å². The molecule has 0 aromatic carbocycles. The van der Waals surface area contributed by atoms with Gasteiger partial charge in [-0.3, -0.25) is 9.59 Å². The predicted molar refractivity (Wildman–Crippen MR) is 111 cm³/mol. The number of hydrogen-bond donors (Lipinski definition) is 1. The van der Waals surface area contributed by atoms with Gasteiger partial charge in [-0.25, -0.2) is 0 Å². The summed E-state index contributed by atoms with van der Waals surface area (Å²) in [6.45, 7) is 6.39. The number of unbranched alkanes of at least 4 members (excludes halogenated alkanes) is 3. The Bertz CT molecular complexity index is 800. The number of furan rings is 1. The molecule has 0 bridgehead atoms. The first-order chi connectivity index (χ1) is 15.0. The topological polar surface area (TPSA) is 80.0 Å². The van der Waals surface area contributed by atoms with E-state index in [1.807, 2.05) is 13.8 Å². The summed E-state index contributed by atoms with van der Waals surface area (Å²) in [7, 11) is 0. The van der Waals surface area contributed by atoms with E-state index in [4.69, 9.17) is 9.15 Å². The summed E-state index contributed by atoms with van der Waals surface area (Å²) in [5.41, 5.74) is -0.558. The highest BCUT2D eigenvalue weighted by Crippen LogP contribution is 2.37. The van der Waals surface area contributed by atoms with Crippen molar-refractivity contribution >= 4 is 11.9 Å². The molecular weight excluding hydrogens is 427 g/mol. The van der Waals surface area contributed by atoms with Gasteiger partial charge in [0.1, 0.15) is 11.9 Å². The molecule has 1 saturated heterocycles. The van der Waals surface area contributed by atoms with Gasteiger partial charge in [0.25, 0.3) is 0 Å². The number of amides is 1. The van der Waals surface area contributed by atoms with Crippen LogP contribution in [0.15, 0.2) is 28.7 Å². The van der Waals surface area contributed by atoms with Crippen LogP contribution in [0.2, 0.25) is 0 Å². The number of ether oxygens (including phenoxy) is 1. The van der Waals surface area contributed by atoms with Crippen LogP contribution in [0, 0.1) is 5.41 Å². The lowest BCUT2D eigenvalue weighted by Gasteiger charge is -2.23. The number of aliphatic hydroxyl groups excluding tert-OH is 1. The van der Waals surface area contributed by atoms with E-state index < -0.39 is 23.5 Å². The Morgan fingerprint density at radius 1 is 1.31 bits per heavy atom. The van der Waals surface area contributed by atoms with Crippen LogP contribution in [0.4, 0.5) is 13.2 Å². The zero-order valence-corrected chi connectivity index (χ0v) is 18.8. The van der Waals surface area contributed by atoms with Gasteiger partial charge in [0.15, 0.2) is 0 Å². The van der Waals surface area contributed by atoms with Crippen molar-refractivity contribution in [3.8, 4) is 0 Å². The van der Waals surface area contributed by atoms with E-state index in [2.05, 4.69) is 0 Å². The lowest BCUT2D eigenvalue weighted by molar-refractivity contribution is -0.153. The average Bonchev–Trinajstić information content (AvgIpc) is 3.28. The highest BCUT2D eigenvalue weighted by Gasteiger charge is 2.43. The van der Waals surface area contributed by atoms with Crippen LogP contribution in [0.5, 0.6) is 0 Å². The van der Waals surface area contributed by atoms with Crippen molar-refractivity contribution in [3.63, 3.8) is 0 Å². The van der Waals surface area contributed by atoms with E-state index in [-0.39, 0.29) is 23.7 Å². The Labute approximate surface area is 186 Å². The second kappa shape index (κ2) is 11.0. The summed E-state index contributed by atoms with van der Waals surface area (Å²) in [6, 6.07) is 1.61. The molecule has 9 heteroatoms. The number of carbonyl (C=O) groups is 2. The first kappa shape index (κ1) is 26.0. The monoisotopic (exact) mass is 459 g/mol. The number of rotatable bonds is 11. The quantitative estimate of drug-likeness (QED) is 0.285. The fraction of sp³-hybridized carbons (Fsp3) is 0.652. The molecule has 0 saturated carbocycles. The number of hydrogen-bond acceptors (Lipinski definition) is 5. The SMILES string of the molecule is CCOC(=O)CCCCCCN1C(=O)C(C)(C)CC1C=CC(O)c1ccc(C(F)(F)F)o1. The molecule has 180 valence electrons. The van der Waals surface area contributed by atoms with E-state index in [1.54, 1.807) is 17.9 Å². The van der Waals surface area contributed by atoms with Crippen molar-refractivity contribution in [1.82, 2.24) is 4.90 Å². The maximum atomic E-state index is 12.8. The molecule has 1 amide bonds. The van der Waals surface area contributed by atoms with Gasteiger partial charge < -0.3 is 19.2 Å². The number of carbonyl (C=O) groups excluding carboxylic acids is 2. The van der Waals surface area contributed by atoms with E-state index in [0.29, 0.717) is 26.0 Å². The summed E-state index contributed by atoms with van der Waals surface area (Å²) in [5, 5.41) is 10.2. The zero-order valence-electron chi connectivity index (χ0n) is 18.8. The minimum atomic E-state index is -4.61. The van der Waals surface area contributed by atoms with Crippen LogP contribution in [0.25, 0.3) is 0 Å². The molecule has 2 unspecified atom stereocenters. The fourth-order valence-corrected chi connectivity index (χ4v) is 3.83. The molecule has 2 atom stereocenters. The third-order valence-electron chi connectivity index (χ3n) is 5.51. The Hall–Kier alpha value is -2.29. The predicted octanol–water partition coefficient (Wildman–Crippen LogP) is 5.03. The maximum Gasteiger partial charge on any atom is 0.449 e. The normalized spacial score (nSPS) is 19.7. The van der Waals surface area contributed by atoms with Crippen molar-refractivity contribution < 1.29 is 37.0 Å². The second-order valence-electron chi connectivity index (χ2n) is 8.65. The molecule has 1 N–H and O–H groups in total. The third kappa shape index (κ3) is 7.12. The first-order valence-electron chi connectivity index (χ1n) is 11.0. The maximum absolute atomic E-state index is 12.8. The van der Waals surface area contributed by atoms with Gasteiger partial charge in [-0.1, -0.05) is 38.8 Å². The van der Waals surface area contributed by atoms with Gasteiger partial charge in [0.2, 0.25) is 11.7 Å². The largest absolute Gasteiger partial charge is 0.466 e. The molecule has 1 aromatic rings. The highest BCUT2D eigenvalue weighted by molar-refractivity contribution is 5.85. The summed E-state index contributed by atoms with van der Waals surface area (Å²) < 4.78 is 47.7. The van der Waals surface area contributed by atoms with E-state index in [0.717, 1.165) is 37.8 Å². The molecule has 1 fully saturated rings. The van der Waals surface area contributed by atoms with Crippen molar-refractivity contribution in [3.05, 3.63) is 35.8 Å². The van der Waals surface area contributed by atoms with Crippen LogP contribution >= 0.6 is 0 Å². The molecule has 2 rings (SSSR count). The Morgan fingerprint density at radius 2 is 2.00 bits per heavy atom. The van der Waals surface area contributed by atoms with Gasteiger partial charge in [-0.2, -0.15) is 13.2 Å². The van der Waals surface area contributed by atoms with Gasteiger partial charge in [-0.05, 0) is 38.3 Å². The van der Waals surface area contributed by atoms with Crippen molar-refractivity contribution in [2.24, 2.45) is 5.41 Å². The van der Waals surface area contributed by atoms with E-state index in [1.165, 1.54) is 6.08 Å². The number of likely N-dealkylation sites (tertiary alicyclic amines) is 1. The Morgan fingerprint density at radius 3 is 2.62 bits per heavy atom. The Kier molecular flexibility index (Phi) is 8.95. The molecule has 0 radical (unpaired) electrons. The average molecular weight is 460 g/mol.